The summed E-state index contributed by atoms with van der Waals surface area (Å²) >= 11 is 0. The summed E-state index contributed by atoms with van der Waals surface area (Å²) < 4.78 is 32.0. The lowest BCUT2D eigenvalue weighted by Crippen LogP contribution is -2.51. The van der Waals surface area contributed by atoms with Crippen LogP contribution in [0.3, 0.4) is 0 Å². The van der Waals surface area contributed by atoms with Crippen LogP contribution < -0.4 is 10.1 Å². The maximum absolute atomic E-state index is 12.5. The molecule has 21 heavy (non-hydrogen) atoms. The zero-order valence-corrected chi connectivity index (χ0v) is 14.0. The van der Waals surface area contributed by atoms with Gasteiger partial charge in [-0.1, -0.05) is 6.92 Å². The first-order chi connectivity index (χ1) is 9.54. The summed E-state index contributed by atoms with van der Waals surface area (Å²) in [7, 11) is -3.39. The molecular weight excluding hydrogens is 312 g/mol. The first kappa shape index (κ1) is 18.2. The molecule has 2 rings (SSSR count). The standard InChI is InChI=1S/C14H22N2O3S.ClH/c1-3-10-19-13-4-6-14(7-5-13)20(17,18)16-9-8-15-12(2)11-16;/h4-7,12,15H,3,8-11H2,1-2H3;1H/t12-;/m1./s1. The van der Waals surface area contributed by atoms with Crippen LogP contribution >= 0.6 is 12.4 Å². The van der Waals surface area contributed by atoms with E-state index in [0.717, 1.165) is 6.42 Å². The predicted octanol–water partition coefficient (Wildman–Crippen LogP) is 1.88. The molecule has 7 heteroatoms. The zero-order valence-electron chi connectivity index (χ0n) is 12.4. The first-order valence-electron chi connectivity index (χ1n) is 7.00. The Morgan fingerprint density at radius 2 is 2.00 bits per heavy atom. The van der Waals surface area contributed by atoms with Gasteiger partial charge < -0.3 is 10.1 Å². The molecular formula is C14H23ClN2O3S. The minimum Gasteiger partial charge on any atom is -0.494 e. The SMILES string of the molecule is CCCOc1ccc(S(=O)(=O)N2CCN[C@H](C)C2)cc1.Cl. The third kappa shape index (κ3) is 4.57. The van der Waals surface area contributed by atoms with Crippen molar-refractivity contribution in [1.29, 1.82) is 0 Å². The third-order valence-corrected chi connectivity index (χ3v) is 5.15. The van der Waals surface area contributed by atoms with E-state index in [9.17, 15) is 8.42 Å². The fourth-order valence-corrected chi connectivity index (χ4v) is 3.72. The van der Waals surface area contributed by atoms with Crippen molar-refractivity contribution in [2.75, 3.05) is 26.2 Å². The summed E-state index contributed by atoms with van der Waals surface area (Å²) in [6.45, 7) is 6.38. The smallest absolute Gasteiger partial charge is 0.243 e. The fraction of sp³-hybridized carbons (Fsp3) is 0.571. The van der Waals surface area contributed by atoms with Crippen molar-refractivity contribution < 1.29 is 13.2 Å². The quantitative estimate of drug-likeness (QED) is 0.893. The molecule has 0 radical (unpaired) electrons. The maximum Gasteiger partial charge on any atom is 0.243 e. The van der Waals surface area contributed by atoms with E-state index in [4.69, 9.17) is 4.74 Å². The molecule has 0 spiro atoms. The van der Waals surface area contributed by atoms with Crippen molar-refractivity contribution >= 4 is 22.4 Å². The molecule has 0 unspecified atom stereocenters. The Balaban J connectivity index is 0.00000220. The molecule has 1 aliphatic rings. The highest BCUT2D eigenvalue weighted by molar-refractivity contribution is 7.89. The summed E-state index contributed by atoms with van der Waals surface area (Å²) in [5, 5.41) is 3.24. The van der Waals surface area contributed by atoms with Gasteiger partial charge in [-0.15, -0.1) is 12.4 Å². The Bertz CT molecular complexity index is 534. The van der Waals surface area contributed by atoms with Crippen molar-refractivity contribution in [1.82, 2.24) is 9.62 Å². The van der Waals surface area contributed by atoms with Gasteiger partial charge >= 0.3 is 0 Å². The summed E-state index contributed by atoms with van der Waals surface area (Å²) in [5.41, 5.74) is 0. The predicted molar refractivity (Wildman–Crippen MR) is 85.7 cm³/mol. The van der Waals surface area contributed by atoms with Crippen molar-refractivity contribution in [3.8, 4) is 5.75 Å². The summed E-state index contributed by atoms with van der Waals surface area (Å²) in [5.74, 6) is 0.708. The molecule has 1 heterocycles. The van der Waals surface area contributed by atoms with Gasteiger partial charge in [0, 0.05) is 25.7 Å². The van der Waals surface area contributed by atoms with Crippen LogP contribution in [0.2, 0.25) is 0 Å². The molecule has 0 aliphatic carbocycles. The Kier molecular flexibility index (Phi) is 6.93. The molecule has 5 nitrogen and oxygen atoms in total. The third-order valence-electron chi connectivity index (χ3n) is 3.27. The summed E-state index contributed by atoms with van der Waals surface area (Å²) in [4.78, 5) is 0.329. The average molecular weight is 335 g/mol. The van der Waals surface area contributed by atoms with E-state index < -0.39 is 10.0 Å². The van der Waals surface area contributed by atoms with Crippen LogP contribution in [-0.4, -0.2) is 45.0 Å². The van der Waals surface area contributed by atoms with E-state index in [1.807, 2.05) is 13.8 Å². The monoisotopic (exact) mass is 334 g/mol. The van der Waals surface area contributed by atoms with Gasteiger partial charge in [0.15, 0.2) is 0 Å². The van der Waals surface area contributed by atoms with Crippen molar-refractivity contribution in [2.45, 2.75) is 31.2 Å². The normalized spacial score (nSPS) is 19.8. The molecule has 1 atom stereocenters. The Labute approximate surface area is 133 Å². The maximum atomic E-state index is 12.5. The summed E-state index contributed by atoms with van der Waals surface area (Å²) in [6, 6.07) is 6.85. The van der Waals surface area contributed by atoms with Crippen LogP contribution in [0, 0.1) is 0 Å². The van der Waals surface area contributed by atoms with Crippen LogP contribution in [0.5, 0.6) is 5.75 Å². The molecule has 1 N–H and O–H groups in total. The summed E-state index contributed by atoms with van der Waals surface area (Å²) in [6.07, 6.45) is 0.929. The highest BCUT2D eigenvalue weighted by atomic mass is 35.5. The molecule has 1 aromatic rings. The van der Waals surface area contributed by atoms with E-state index in [1.165, 1.54) is 4.31 Å². The fourth-order valence-electron chi connectivity index (χ4n) is 2.19. The van der Waals surface area contributed by atoms with Crippen molar-refractivity contribution in [3.63, 3.8) is 0 Å². The largest absolute Gasteiger partial charge is 0.494 e. The number of nitrogens with zero attached hydrogens (tertiary/aromatic N) is 1. The van der Waals surface area contributed by atoms with Gasteiger partial charge in [0.05, 0.1) is 11.5 Å². The van der Waals surface area contributed by atoms with E-state index >= 15 is 0 Å². The van der Waals surface area contributed by atoms with Gasteiger partial charge in [-0.3, -0.25) is 0 Å². The van der Waals surface area contributed by atoms with Gasteiger partial charge in [0.25, 0.3) is 0 Å². The number of benzene rings is 1. The Hall–Kier alpha value is -0.820. The number of sulfonamides is 1. The second kappa shape index (κ2) is 7.98. The van der Waals surface area contributed by atoms with Crippen LogP contribution in [0.4, 0.5) is 0 Å². The number of rotatable bonds is 5. The Morgan fingerprint density at radius 1 is 1.33 bits per heavy atom. The lowest BCUT2D eigenvalue weighted by molar-refractivity contribution is 0.309. The second-order valence-electron chi connectivity index (χ2n) is 5.04. The van der Waals surface area contributed by atoms with Crippen molar-refractivity contribution in [2.24, 2.45) is 0 Å². The van der Waals surface area contributed by atoms with E-state index in [0.29, 0.717) is 36.9 Å². The average Bonchev–Trinajstić information content (AvgIpc) is 2.45. The minimum atomic E-state index is -3.39. The molecule has 1 fully saturated rings. The number of ether oxygens (including phenoxy) is 1. The molecule has 0 saturated carbocycles. The van der Waals surface area contributed by atoms with Gasteiger partial charge in [0.2, 0.25) is 10.0 Å². The van der Waals surface area contributed by atoms with Crippen LogP contribution in [-0.2, 0) is 10.0 Å². The number of piperazine rings is 1. The lowest BCUT2D eigenvalue weighted by Gasteiger charge is -2.31. The molecule has 0 aromatic heterocycles. The van der Waals surface area contributed by atoms with Crippen LogP contribution in [0.25, 0.3) is 0 Å². The number of halogens is 1. The van der Waals surface area contributed by atoms with E-state index in [-0.39, 0.29) is 18.4 Å². The number of hydrogen-bond donors (Lipinski definition) is 1. The van der Waals surface area contributed by atoms with E-state index in [2.05, 4.69) is 5.32 Å². The molecule has 1 aromatic carbocycles. The van der Waals surface area contributed by atoms with Crippen LogP contribution in [0.15, 0.2) is 29.2 Å². The lowest BCUT2D eigenvalue weighted by atomic mass is 10.3. The zero-order chi connectivity index (χ0) is 14.6. The van der Waals surface area contributed by atoms with Crippen LogP contribution in [0.1, 0.15) is 20.3 Å². The van der Waals surface area contributed by atoms with Gasteiger partial charge in [-0.25, -0.2) is 8.42 Å². The highest BCUT2D eigenvalue weighted by Gasteiger charge is 2.28. The topological polar surface area (TPSA) is 58.6 Å². The van der Waals surface area contributed by atoms with Gasteiger partial charge in [-0.05, 0) is 37.6 Å². The molecule has 120 valence electrons. The van der Waals surface area contributed by atoms with E-state index in [1.54, 1.807) is 24.3 Å². The molecule has 1 saturated heterocycles. The molecule has 0 amide bonds. The van der Waals surface area contributed by atoms with Gasteiger partial charge in [-0.2, -0.15) is 4.31 Å². The minimum absolute atomic E-state index is 0. The Morgan fingerprint density at radius 3 is 2.57 bits per heavy atom. The second-order valence-corrected chi connectivity index (χ2v) is 6.98. The molecule has 1 aliphatic heterocycles. The van der Waals surface area contributed by atoms with Crippen molar-refractivity contribution in [3.05, 3.63) is 24.3 Å². The first-order valence-corrected chi connectivity index (χ1v) is 8.44. The van der Waals surface area contributed by atoms with Gasteiger partial charge in [0.1, 0.15) is 5.75 Å². The number of hydrogen-bond acceptors (Lipinski definition) is 4. The number of nitrogens with one attached hydrogen (secondary N) is 1. The molecule has 0 bridgehead atoms. The highest BCUT2D eigenvalue weighted by Crippen LogP contribution is 2.20.